The maximum Gasteiger partial charge on any atom is 0.330 e. The second-order valence-corrected chi connectivity index (χ2v) is 4.96. The third kappa shape index (κ3) is 2.29. The minimum Gasteiger partial charge on any atom is -0.456 e. The van der Waals surface area contributed by atoms with Gasteiger partial charge in [-0.1, -0.05) is 25.8 Å². The summed E-state index contributed by atoms with van der Waals surface area (Å²) in [6.07, 6.45) is 7.00. The molecule has 4 atom stereocenters. The molecule has 0 radical (unpaired) electrons. The summed E-state index contributed by atoms with van der Waals surface area (Å²) in [6, 6.07) is 0. The highest BCUT2D eigenvalue weighted by atomic mass is 16.6. The topological polar surface area (TPSA) is 46.5 Å². The molecule has 3 heteroatoms. The number of fused-ring (bicyclic) bond motifs is 1. The zero-order chi connectivity index (χ0) is 11.5. The van der Waals surface area contributed by atoms with Gasteiger partial charge in [-0.05, 0) is 25.2 Å². The zero-order valence-corrected chi connectivity index (χ0v) is 9.60. The van der Waals surface area contributed by atoms with Gasteiger partial charge in [0.25, 0.3) is 0 Å². The van der Waals surface area contributed by atoms with E-state index in [1.54, 1.807) is 0 Å². The normalized spacial score (nSPS) is 38.6. The second kappa shape index (κ2) is 5.00. The Hall–Kier alpha value is -0.830. The van der Waals surface area contributed by atoms with Crippen molar-refractivity contribution in [3.05, 3.63) is 12.7 Å². The molecule has 2 rings (SSSR count). The maximum atomic E-state index is 11.2. The van der Waals surface area contributed by atoms with Gasteiger partial charge in [0.1, 0.15) is 6.10 Å². The maximum absolute atomic E-state index is 11.2. The van der Waals surface area contributed by atoms with E-state index in [2.05, 4.69) is 6.58 Å². The smallest absolute Gasteiger partial charge is 0.330 e. The molecule has 2 aliphatic carbocycles. The van der Waals surface area contributed by atoms with Crippen molar-refractivity contribution >= 4 is 5.97 Å². The molecule has 2 fully saturated rings. The SMILES string of the molecule is C=CC(=O)OC1C(O)CCC2CCCCC21. The summed E-state index contributed by atoms with van der Waals surface area (Å²) in [5.41, 5.74) is 0. The summed E-state index contributed by atoms with van der Waals surface area (Å²) >= 11 is 0. The number of ether oxygens (including phenoxy) is 1. The number of carbonyl (C=O) groups excluding carboxylic acids is 1. The molecule has 3 nitrogen and oxygen atoms in total. The van der Waals surface area contributed by atoms with E-state index in [0.29, 0.717) is 11.8 Å². The fourth-order valence-corrected chi connectivity index (χ4v) is 3.21. The lowest BCUT2D eigenvalue weighted by atomic mass is 9.68. The first-order chi connectivity index (χ1) is 7.72. The zero-order valence-electron chi connectivity index (χ0n) is 9.60. The first-order valence-corrected chi connectivity index (χ1v) is 6.23. The molecule has 0 amide bonds. The fraction of sp³-hybridized carbons (Fsp3) is 0.769. The van der Waals surface area contributed by atoms with E-state index in [1.165, 1.54) is 25.3 Å². The van der Waals surface area contributed by atoms with Gasteiger partial charge in [0.15, 0.2) is 0 Å². The number of aliphatic hydroxyl groups is 1. The molecule has 0 spiro atoms. The van der Waals surface area contributed by atoms with Crippen LogP contribution in [0.15, 0.2) is 12.7 Å². The molecule has 4 unspecified atom stereocenters. The summed E-state index contributed by atoms with van der Waals surface area (Å²) in [5, 5.41) is 9.94. The van der Waals surface area contributed by atoms with Crippen LogP contribution in [0.4, 0.5) is 0 Å². The Kier molecular flexibility index (Phi) is 3.64. The monoisotopic (exact) mass is 224 g/mol. The van der Waals surface area contributed by atoms with Crippen LogP contribution in [0.2, 0.25) is 0 Å². The second-order valence-electron chi connectivity index (χ2n) is 4.96. The van der Waals surface area contributed by atoms with Crippen LogP contribution in [0.25, 0.3) is 0 Å². The number of carbonyl (C=O) groups is 1. The molecule has 0 heterocycles. The average Bonchev–Trinajstić information content (AvgIpc) is 2.32. The van der Waals surface area contributed by atoms with Crippen molar-refractivity contribution in [2.24, 2.45) is 11.8 Å². The standard InChI is InChI=1S/C13H20O3/c1-2-12(15)16-13-10-6-4-3-5-9(10)7-8-11(13)14/h2,9-11,13-14H,1,3-8H2. The first-order valence-electron chi connectivity index (χ1n) is 6.23. The molecule has 16 heavy (non-hydrogen) atoms. The van der Waals surface area contributed by atoms with E-state index < -0.39 is 12.1 Å². The van der Waals surface area contributed by atoms with Crippen molar-refractivity contribution in [2.45, 2.75) is 50.7 Å². The van der Waals surface area contributed by atoms with E-state index in [4.69, 9.17) is 4.74 Å². The van der Waals surface area contributed by atoms with Crippen LogP contribution in [0.5, 0.6) is 0 Å². The highest BCUT2D eigenvalue weighted by molar-refractivity contribution is 5.81. The molecule has 2 saturated carbocycles. The number of aliphatic hydroxyl groups excluding tert-OH is 1. The highest BCUT2D eigenvalue weighted by Gasteiger charge is 2.41. The molecule has 0 aromatic heterocycles. The van der Waals surface area contributed by atoms with Crippen LogP contribution in [0.3, 0.4) is 0 Å². The predicted molar refractivity (Wildman–Crippen MR) is 60.8 cm³/mol. The number of esters is 1. The van der Waals surface area contributed by atoms with E-state index >= 15 is 0 Å². The van der Waals surface area contributed by atoms with Gasteiger partial charge < -0.3 is 9.84 Å². The van der Waals surface area contributed by atoms with Gasteiger partial charge >= 0.3 is 5.97 Å². The Morgan fingerprint density at radius 3 is 2.75 bits per heavy atom. The van der Waals surface area contributed by atoms with Gasteiger partial charge in [-0.3, -0.25) is 0 Å². The molecule has 1 N–H and O–H groups in total. The van der Waals surface area contributed by atoms with Crippen LogP contribution >= 0.6 is 0 Å². The van der Waals surface area contributed by atoms with Crippen molar-refractivity contribution in [2.75, 3.05) is 0 Å². The summed E-state index contributed by atoms with van der Waals surface area (Å²) in [6.45, 7) is 3.40. The van der Waals surface area contributed by atoms with Crippen LogP contribution in [0.1, 0.15) is 38.5 Å². The van der Waals surface area contributed by atoms with Gasteiger partial charge in [-0.25, -0.2) is 4.79 Å². The molecule has 0 saturated heterocycles. The lowest BCUT2D eigenvalue weighted by Crippen LogP contribution is -2.46. The largest absolute Gasteiger partial charge is 0.456 e. The Morgan fingerprint density at radius 2 is 2.00 bits per heavy atom. The van der Waals surface area contributed by atoms with Crippen molar-refractivity contribution in [1.82, 2.24) is 0 Å². The quantitative estimate of drug-likeness (QED) is 0.577. The predicted octanol–water partition coefficient (Wildman–Crippen LogP) is 2.05. The molecular weight excluding hydrogens is 204 g/mol. The average molecular weight is 224 g/mol. The lowest BCUT2D eigenvalue weighted by Gasteiger charge is -2.42. The van der Waals surface area contributed by atoms with Crippen molar-refractivity contribution in [3.63, 3.8) is 0 Å². The van der Waals surface area contributed by atoms with E-state index in [9.17, 15) is 9.90 Å². The summed E-state index contributed by atoms with van der Waals surface area (Å²) in [7, 11) is 0. The minimum absolute atomic E-state index is 0.301. The fourth-order valence-electron chi connectivity index (χ4n) is 3.21. The van der Waals surface area contributed by atoms with Crippen molar-refractivity contribution in [1.29, 1.82) is 0 Å². The molecule has 0 aliphatic heterocycles. The summed E-state index contributed by atoms with van der Waals surface area (Å²) < 4.78 is 5.32. The Bertz CT molecular complexity index is 274. The number of hydrogen-bond donors (Lipinski definition) is 1. The van der Waals surface area contributed by atoms with Crippen molar-refractivity contribution in [3.8, 4) is 0 Å². The Morgan fingerprint density at radius 1 is 1.25 bits per heavy atom. The van der Waals surface area contributed by atoms with Crippen LogP contribution in [0, 0.1) is 11.8 Å². The van der Waals surface area contributed by atoms with E-state index in [1.807, 2.05) is 0 Å². The molecule has 90 valence electrons. The summed E-state index contributed by atoms with van der Waals surface area (Å²) in [5.74, 6) is 0.594. The Balaban J connectivity index is 2.05. The number of rotatable bonds is 2. The number of hydrogen-bond acceptors (Lipinski definition) is 3. The van der Waals surface area contributed by atoms with Gasteiger partial charge in [0, 0.05) is 12.0 Å². The highest BCUT2D eigenvalue weighted by Crippen LogP contribution is 2.41. The van der Waals surface area contributed by atoms with Crippen LogP contribution in [-0.4, -0.2) is 23.3 Å². The molecule has 0 aromatic carbocycles. The van der Waals surface area contributed by atoms with E-state index in [0.717, 1.165) is 19.3 Å². The third-order valence-corrected chi connectivity index (χ3v) is 4.02. The molecule has 0 aromatic rings. The van der Waals surface area contributed by atoms with Crippen LogP contribution in [-0.2, 0) is 9.53 Å². The van der Waals surface area contributed by atoms with Gasteiger partial charge in [0.05, 0.1) is 6.10 Å². The van der Waals surface area contributed by atoms with Gasteiger partial charge in [-0.15, -0.1) is 0 Å². The summed E-state index contributed by atoms with van der Waals surface area (Å²) in [4.78, 5) is 11.2. The third-order valence-electron chi connectivity index (χ3n) is 4.02. The van der Waals surface area contributed by atoms with Crippen LogP contribution < -0.4 is 0 Å². The molecule has 0 bridgehead atoms. The van der Waals surface area contributed by atoms with Crippen molar-refractivity contribution < 1.29 is 14.6 Å². The molecular formula is C13H20O3. The Labute approximate surface area is 96.5 Å². The van der Waals surface area contributed by atoms with E-state index in [-0.39, 0.29) is 6.10 Å². The lowest BCUT2D eigenvalue weighted by molar-refractivity contribution is -0.162. The first kappa shape index (κ1) is 11.6. The van der Waals surface area contributed by atoms with Gasteiger partial charge in [0.2, 0.25) is 0 Å². The minimum atomic E-state index is -0.483. The van der Waals surface area contributed by atoms with Gasteiger partial charge in [-0.2, -0.15) is 0 Å². The molecule has 2 aliphatic rings.